The molecule has 0 aliphatic carbocycles. The second-order valence-corrected chi connectivity index (χ2v) is 4.86. The molecule has 0 aliphatic rings. The minimum absolute atomic E-state index is 0.111. The Kier molecular flexibility index (Phi) is 5.10. The minimum Gasteiger partial charge on any atom is -0.316 e. The van der Waals surface area contributed by atoms with Crippen molar-refractivity contribution in [3.05, 3.63) is 71.5 Å². The summed E-state index contributed by atoms with van der Waals surface area (Å²) in [5, 5.41) is 3.39. The van der Waals surface area contributed by atoms with Crippen molar-refractivity contribution in [3.8, 4) is 0 Å². The number of hydrogen-bond acceptors (Lipinski definition) is 1. The van der Waals surface area contributed by atoms with E-state index in [1.165, 1.54) is 11.6 Å². The summed E-state index contributed by atoms with van der Waals surface area (Å²) in [5.41, 5.74) is 2.11. The van der Waals surface area contributed by atoms with Crippen molar-refractivity contribution >= 4 is 0 Å². The fourth-order valence-corrected chi connectivity index (χ4v) is 2.14. The molecule has 0 aromatic heterocycles. The standard InChI is InChI=1S/C17H20FN/c1-14(15-7-3-2-4-8-15)13-19-12-11-16-9-5-6-10-17(16)18/h2-10,14,19H,11-13H2,1H3/t14-/m1/s1. The normalized spacial score (nSPS) is 12.3. The maximum atomic E-state index is 13.4. The molecular weight excluding hydrogens is 237 g/mol. The first-order valence-electron chi connectivity index (χ1n) is 6.76. The third kappa shape index (κ3) is 4.18. The fraction of sp³-hybridized carbons (Fsp3) is 0.294. The lowest BCUT2D eigenvalue weighted by Gasteiger charge is -2.13. The van der Waals surface area contributed by atoms with E-state index >= 15 is 0 Å². The first-order chi connectivity index (χ1) is 9.27. The number of nitrogens with one attached hydrogen (secondary N) is 1. The quantitative estimate of drug-likeness (QED) is 0.777. The summed E-state index contributed by atoms with van der Waals surface area (Å²) >= 11 is 0. The van der Waals surface area contributed by atoms with Crippen LogP contribution < -0.4 is 5.32 Å². The van der Waals surface area contributed by atoms with Crippen molar-refractivity contribution in [3.63, 3.8) is 0 Å². The van der Waals surface area contributed by atoms with Crippen LogP contribution in [-0.4, -0.2) is 13.1 Å². The van der Waals surface area contributed by atoms with E-state index in [-0.39, 0.29) is 5.82 Å². The second-order valence-electron chi connectivity index (χ2n) is 4.86. The Hall–Kier alpha value is -1.67. The highest BCUT2D eigenvalue weighted by Gasteiger charge is 2.04. The van der Waals surface area contributed by atoms with Gasteiger partial charge in [-0.25, -0.2) is 4.39 Å². The van der Waals surface area contributed by atoms with Crippen LogP contribution in [0, 0.1) is 5.82 Å². The van der Waals surface area contributed by atoms with Gasteiger partial charge in [-0.3, -0.25) is 0 Å². The zero-order valence-corrected chi connectivity index (χ0v) is 11.3. The molecule has 2 rings (SSSR count). The summed E-state index contributed by atoms with van der Waals surface area (Å²) in [7, 11) is 0. The third-order valence-electron chi connectivity index (χ3n) is 3.35. The first kappa shape index (κ1) is 13.8. The summed E-state index contributed by atoms with van der Waals surface area (Å²) in [5.74, 6) is 0.363. The highest BCUT2D eigenvalue weighted by Crippen LogP contribution is 2.13. The van der Waals surface area contributed by atoms with Crippen LogP contribution in [0.15, 0.2) is 54.6 Å². The predicted octanol–water partition coefficient (Wildman–Crippen LogP) is 3.76. The molecule has 1 nitrogen and oxygen atoms in total. The SMILES string of the molecule is C[C@H](CNCCc1ccccc1F)c1ccccc1. The van der Waals surface area contributed by atoms with E-state index in [4.69, 9.17) is 0 Å². The lowest BCUT2D eigenvalue weighted by molar-refractivity contribution is 0.584. The maximum absolute atomic E-state index is 13.4. The zero-order valence-electron chi connectivity index (χ0n) is 11.3. The molecule has 0 saturated heterocycles. The van der Waals surface area contributed by atoms with E-state index in [1.54, 1.807) is 6.07 Å². The van der Waals surface area contributed by atoms with Crippen molar-refractivity contribution in [1.29, 1.82) is 0 Å². The van der Waals surface area contributed by atoms with E-state index in [0.717, 1.165) is 25.1 Å². The van der Waals surface area contributed by atoms with E-state index in [9.17, 15) is 4.39 Å². The van der Waals surface area contributed by atoms with Gasteiger partial charge in [-0.1, -0.05) is 55.5 Å². The topological polar surface area (TPSA) is 12.0 Å². The van der Waals surface area contributed by atoms with Gasteiger partial charge in [0.05, 0.1) is 0 Å². The molecular formula is C17H20FN. The number of benzene rings is 2. The molecule has 2 aromatic rings. The molecule has 2 aromatic carbocycles. The average Bonchev–Trinajstić information content (AvgIpc) is 2.46. The second kappa shape index (κ2) is 7.05. The molecule has 0 amide bonds. The van der Waals surface area contributed by atoms with Crippen LogP contribution in [0.4, 0.5) is 4.39 Å². The van der Waals surface area contributed by atoms with Gasteiger partial charge in [0.2, 0.25) is 0 Å². The van der Waals surface area contributed by atoms with Gasteiger partial charge in [0.1, 0.15) is 5.82 Å². The molecule has 0 fully saturated rings. The molecule has 0 bridgehead atoms. The molecule has 0 aliphatic heterocycles. The van der Waals surface area contributed by atoms with E-state index < -0.39 is 0 Å². The Labute approximate surface area is 114 Å². The molecule has 0 unspecified atom stereocenters. The summed E-state index contributed by atoms with van der Waals surface area (Å²) in [6, 6.07) is 17.4. The Morgan fingerprint density at radius 1 is 1.00 bits per heavy atom. The van der Waals surface area contributed by atoms with Crippen LogP contribution in [0.25, 0.3) is 0 Å². The van der Waals surface area contributed by atoms with Gasteiger partial charge >= 0.3 is 0 Å². The number of hydrogen-bond donors (Lipinski definition) is 1. The van der Waals surface area contributed by atoms with Crippen LogP contribution in [0.2, 0.25) is 0 Å². The third-order valence-corrected chi connectivity index (χ3v) is 3.35. The van der Waals surface area contributed by atoms with E-state index in [0.29, 0.717) is 5.92 Å². The molecule has 100 valence electrons. The van der Waals surface area contributed by atoms with Crippen LogP contribution in [-0.2, 0) is 6.42 Å². The zero-order chi connectivity index (χ0) is 13.5. The maximum Gasteiger partial charge on any atom is 0.126 e. The van der Waals surface area contributed by atoms with Crippen LogP contribution in [0.3, 0.4) is 0 Å². The summed E-state index contributed by atoms with van der Waals surface area (Å²) in [6.45, 7) is 3.92. The Balaban J connectivity index is 1.74. The average molecular weight is 257 g/mol. The molecule has 0 saturated carbocycles. The summed E-state index contributed by atoms with van der Waals surface area (Å²) in [6.07, 6.45) is 0.730. The first-order valence-corrected chi connectivity index (χ1v) is 6.76. The summed E-state index contributed by atoms with van der Waals surface area (Å²) in [4.78, 5) is 0. The van der Waals surface area contributed by atoms with Gasteiger partial charge in [0, 0.05) is 6.54 Å². The Morgan fingerprint density at radius 2 is 1.68 bits per heavy atom. The monoisotopic (exact) mass is 257 g/mol. The van der Waals surface area contributed by atoms with E-state index in [2.05, 4.69) is 36.5 Å². The molecule has 0 heterocycles. The highest BCUT2D eigenvalue weighted by atomic mass is 19.1. The van der Waals surface area contributed by atoms with Crippen molar-refractivity contribution < 1.29 is 4.39 Å². The minimum atomic E-state index is -0.111. The predicted molar refractivity (Wildman–Crippen MR) is 77.8 cm³/mol. The number of halogens is 1. The Morgan fingerprint density at radius 3 is 2.42 bits per heavy atom. The molecule has 0 spiro atoms. The largest absolute Gasteiger partial charge is 0.316 e. The smallest absolute Gasteiger partial charge is 0.126 e. The molecule has 19 heavy (non-hydrogen) atoms. The van der Waals surface area contributed by atoms with Gasteiger partial charge in [-0.15, -0.1) is 0 Å². The molecule has 0 radical (unpaired) electrons. The molecule has 1 atom stereocenters. The Bertz CT molecular complexity index is 496. The highest BCUT2D eigenvalue weighted by molar-refractivity contribution is 5.19. The van der Waals surface area contributed by atoms with Crippen LogP contribution in [0.1, 0.15) is 24.0 Å². The van der Waals surface area contributed by atoms with Crippen molar-refractivity contribution in [1.82, 2.24) is 5.32 Å². The fourth-order valence-electron chi connectivity index (χ4n) is 2.14. The summed E-state index contributed by atoms with van der Waals surface area (Å²) < 4.78 is 13.4. The van der Waals surface area contributed by atoms with Gasteiger partial charge < -0.3 is 5.32 Å². The van der Waals surface area contributed by atoms with Crippen molar-refractivity contribution in [2.75, 3.05) is 13.1 Å². The molecule has 2 heteroatoms. The van der Waals surface area contributed by atoms with Gasteiger partial charge in [0.15, 0.2) is 0 Å². The van der Waals surface area contributed by atoms with Gasteiger partial charge in [-0.05, 0) is 36.1 Å². The van der Waals surface area contributed by atoms with Gasteiger partial charge in [-0.2, -0.15) is 0 Å². The van der Waals surface area contributed by atoms with Gasteiger partial charge in [0.25, 0.3) is 0 Å². The lowest BCUT2D eigenvalue weighted by atomic mass is 10.0. The van der Waals surface area contributed by atoms with Crippen LogP contribution in [0.5, 0.6) is 0 Å². The number of rotatable bonds is 6. The van der Waals surface area contributed by atoms with Crippen LogP contribution >= 0.6 is 0 Å². The van der Waals surface area contributed by atoms with Crippen molar-refractivity contribution in [2.24, 2.45) is 0 Å². The van der Waals surface area contributed by atoms with E-state index in [1.807, 2.05) is 18.2 Å². The molecule has 1 N–H and O–H groups in total. The van der Waals surface area contributed by atoms with Crippen molar-refractivity contribution in [2.45, 2.75) is 19.3 Å². The lowest BCUT2D eigenvalue weighted by Crippen LogP contribution is -2.22.